The second-order valence-electron chi connectivity index (χ2n) is 6.63. The zero-order valence-electron chi connectivity index (χ0n) is 16.0. The maximum Gasteiger partial charge on any atom is 0.237 e. The van der Waals surface area contributed by atoms with Crippen LogP contribution in [0.1, 0.15) is 32.4 Å². The van der Waals surface area contributed by atoms with Gasteiger partial charge < -0.3 is 25.3 Å². The molecule has 146 valence electrons. The molecule has 1 saturated heterocycles. The Morgan fingerprint density at radius 1 is 1.50 bits per heavy atom. The first kappa shape index (κ1) is 21.7. The van der Waals surface area contributed by atoms with Crippen molar-refractivity contribution in [2.45, 2.75) is 38.8 Å². The van der Waals surface area contributed by atoms with Crippen molar-refractivity contribution in [3.05, 3.63) is 30.4 Å². The Labute approximate surface area is 155 Å². The summed E-state index contributed by atoms with van der Waals surface area (Å²) in [5.74, 6) is 6.54. The summed E-state index contributed by atoms with van der Waals surface area (Å²) in [7, 11) is 3.68. The highest BCUT2D eigenvalue weighted by Crippen LogP contribution is 2.14. The average molecular weight is 365 g/mol. The van der Waals surface area contributed by atoms with E-state index >= 15 is 0 Å². The second kappa shape index (κ2) is 10.6. The van der Waals surface area contributed by atoms with E-state index in [1.807, 2.05) is 20.9 Å². The fourth-order valence-electron chi connectivity index (χ4n) is 2.73. The van der Waals surface area contributed by atoms with Crippen molar-refractivity contribution in [1.29, 1.82) is 0 Å². The Morgan fingerprint density at radius 3 is 2.62 bits per heavy atom. The molecule has 2 unspecified atom stereocenters. The van der Waals surface area contributed by atoms with Crippen LogP contribution in [0.15, 0.2) is 29.0 Å². The van der Waals surface area contributed by atoms with E-state index in [9.17, 15) is 9.59 Å². The van der Waals surface area contributed by atoms with Crippen molar-refractivity contribution < 1.29 is 14.0 Å². The van der Waals surface area contributed by atoms with Crippen LogP contribution in [0.4, 0.5) is 0 Å². The molecule has 26 heavy (non-hydrogen) atoms. The molecule has 1 fully saturated rings. The van der Waals surface area contributed by atoms with E-state index in [2.05, 4.69) is 10.2 Å². The summed E-state index contributed by atoms with van der Waals surface area (Å²) in [5.41, 5.74) is 6.15. The van der Waals surface area contributed by atoms with Crippen LogP contribution in [0.5, 0.6) is 0 Å². The number of carbonyl (C=O) groups excluding carboxylic acids is 2. The van der Waals surface area contributed by atoms with Gasteiger partial charge in [-0.15, -0.1) is 0 Å². The summed E-state index contributed by atoms with van der Waals surface area (Å²) in [6.45, 7) is 4.88. The van der Waals surface area contributed by atoms with Gasteiger partial charge in [0.1, 0.15) is 12.3 Å². The van der Waals surface area contributed by atoms with E-state index in [1.165, 1.54) is 17.5 Å². The largest absolute Gasteiger partial charge is 0.463 e. The van der Waals surface area contributed by atoms with Crippen molar-refractivity contribution in [1.82, 2.24) is 15.2 Å². The zero-order valence-corrected chi connectivity index (χ0v) is 16.0. The van der Waals surface area contributed by atoms with Gasteiger partial charge in [0.25, 0.3) is 0 Å². The first-order chi connectivity index (χ1) is 12.3. The van der Waals surface area contributed by atoms with Gasteiger partial charge in [0, 0.05) is 13.2 Å². The van der Waals surface area contributed by atoms with E-state index in [1.54, 1.807) is 19.2 Å². The number of hydrogen-bond donors (Lipinski definition) is 3. The molecule has 0 spiro atoms. The molecule has 2 heterocycles. The third-order valence-corrected chi connectivity index (χ3v) is 4.33. The number of nitrogens with zero attached hydrogens (tertiary/aromatic N) is 2. The molecule has 0 saturated carbocycles. The Balaban J connectivity index is 0.000000289. The summed E-state index contributed by atoms with van der Waals surface area (Å²) in [4.78, 5) is 24.0. The molecule has 1 aliphatic heterocycles. The molecule has 0 aliphatic carbocycles. The standard InChI is InChI=1S/C11H17N3O2.C7H14N2O/c1-8(2)10(7-15)14(13)6-9(12)11-4-3-5-16-11;1-8-7(10)6-4-3-5-9(6)2/h3-8,10H,12-13H2,1-2H3;6H,3-5H2,1-2H3,(H,8,10)/b9-6-;. The molecule has 2 atom stereocenters. The van der Waals surface area contributed by atoms with Gasteiger partial charge in [0.2, 0.25) is 5.91 Å². The number of hydrogen-bond acceptors (Lipinski definition) is 7. The minimum absolute atomic E-state index is 0.114. The Kier molecular flexibility index (Phi) is 8.87. The van der Waals surface area contributed by atoms with Gasteiger partial charge in [-0.2, -0.15) is 0 Å². The highest BCUT2D eigenvalue weighted by molar-refractivity contribution is 5.81. The summed E-state index contributed by atoms with van der Waals surface area (Å²) >= 11 is 0. The molecule has 1 aliphatic rings. The number of nitrogens with two attached hydrogens (primary N) is 2. The Bertz CT molecular complexity index is 586. The number of amides is 1. The summed E-state index contributed by atoms with van der Waals surface area (Å²) in [6.07, 6.45) is 5.98. The van der Waals surface area contributed by atoms with E-state index in [4.69, 9.17) is 16.0 Å². The summed E-state index contributed by atoms with van der Waals surface area (Å²) in [6, 6.07) is 3.19. The molecule has 2 rings (SSSR count). The molecule has 1 amide bonds. The Hall–Kier alpha value is -2.32. The number of nitrogens with one attached hydrogen (secondary N) is 1. The van der Waals surface area contributed by atoms with E-state index < -0.39 is 6.04 Å². The Morgan fingerprint density at radius 2 is 2.19 bits per heavy atom. The molecule has 8 nitrogen and oxygen atoms in total. The van der Waals surface area contributed by atoms with Crippen LogP contribution in [-0.2, 0) is 9.59 Å². The van der Waals surface area contributed by atoms with Crippen molar-refractivity contribution in [2.75, 3.05) is 20.6 Å². The van der Waals surface area contributed by atoms with Crippen LogP contribution >= 0.6 is 0 Å². The lowest BCUT2D eigenvalue weighted by atomic mass is 10.1. The lowest BCUT2D eigenvalue weighted by molar-refractivity contribution is -0.124. The molecule has 1 aromatic rings. The number of likely N-dealkylation sites (tertiary alicyclic amines) is 1. The zero-order chi connectivity index (χ0) is 19.7. The number of rotatable bonds is 6. The number of aldehydes is 1. The van der Waals surface area contributed by atoms with E-state index in [0.29, 0.717) is 11.5 Å². The van der Waals surface area contributed by atoms with Crippen molar-refractivity contribution in [3.8, 4) is 0 Å². The van der Waals surface area contributed by atoms with Crippen molar-refractivity contribution in [3.63, 3.8) is 0 Å². The lowest BCUT2D eigenvalue weighted by Crippen LogP contribution is -2.41. The predicted molar refractivity (Wildman–Crippen MR) is 101 cm³/mol. The molecular formula is C18H31N5O3. The highest BCUT2D eigenvalue weighted by Gasteiger charge is 2.26. The van der Waals surface area contributed by atoms with Crippen LogP contribution < -0.4 is 16.9 Å². The van der Waals surface area contributed by atoms with Gasteiger partial charge in [-0.1, -0.05) is 13.8 Å². The van der Waals surface area contributed by atoms with Gasteiger partial charge in [-0.3, -0.25) is 9.69 Å². The number of likely N-dealkylation sites (N-methyl/N-ethyl adjacent to an activating group) is 2. The maximum atomic E-state index is 11.1. The maximum absolute atomic E-state index is 11.1. The smallest absolute Gasteiger partial charge is 0.237 e. The van der Waals surface area contributed by atoms with Crippen LogP contribution in [0.25, 0.3) is 5.70 Å². The number of hydrazine groups is 1. The van der Waals surface area contributed by atoms with Crippen molar-refractivity contribution in [2.24, 2.45) is 17.5 Å². The van der Waals surface area contributed by atoms with Gasteiger partial charge in [-0.25, -0.2) is 5.84 Å². The second-order valence-corrected chi connectivity index (χ2v) is 6.63. The first-order valence-corrected chi connectivity index (χ1v) is 8.73. The van der Waals surface area contributed by atoms with Crippen molar-refractivity contribution >= 4 is 17.9 Å². The van der Waals surface area contributed by atoms with Gasteiger partial charge in [-0.05, 0) is 44.5 Å². The SMILES string of the molecule is CC(C)C(C=O)N(N)/C=C(\N)c1ccco1.CNC(=O)C1CCCN1C. The fraction of sp³-hybridized carbons (Fsp3) is 0.556. The molecule has 0 bridgehead atoms. The average Bonchev–Trinajstić information content (AvgIpc) is 3.26. The third kappa shape index (κ3) is 6.20. The number of furan rings is 1. The minimum atomic E-state index is -0.395. The molecule has 5 N–H and O–H groups in total. The van der Waals surface area contributed by atoms with Crippen LogP contribution in [0.2, 0.25) is 0 Å². The van der Waals surface area contributed by atoms with E-state index in [-0.39, 0.29) is 17.9 Å². The topological polar surface area (TPSA) is 118 Å². The molecule has 8 heteroatoms. The lowest BCUT2D eigenvalue weighted by Gasteiger charge is -2.24. The van der Waals surface area contributed by atoms with Gasteiger partial charge >= 0.3 is 0 Å². The number of carbonyl (C=O) groups is 2. The monoisotopic (exact) mass is 365 g/mol. The minimum Gasteiger partial charge on any atom is -0.463 e. The summed E-state index contributed by atoms with van der Waals surface area (Å²) in [5, 5.41) is 3.96. The first-order valence-electron chi connectivity index (χ1n) is 8.73. The fourth-order valence-corrected chi connectivity index (χ4v) is 2.73. The molecule has 1 aromatic heterocycles. The highest BCUT2D eigenvalue weighted by atomic mass is 16.3. The molecular weight excluding hydrogens is 334 g/mol. The molecule has 0 aromatic carbocycles. The van der Waals surface area contributed by atoms with E-state index in [0.717, 1.165) is 25.7 Å². The van der Waals surface area contributed by atoms with Gasteiger partial charge in [0.15, 0.2) is 5.76 Å². The quantitative estimate of drug-likeness (QED) is 0.387. The van der Waals surface area contributed by atoms with Crippen LogP contribution in [-0.4, -0.2) is 54.8 Å². The third-order valence-electron chi connectivity index (χ3n) is 4.33. The van der Waals surface area contributed by atoms with Gasteiger partial charge in [0.05, 0.1) is 18.0 Å². The predicted octanol–water partition coefficient (Wildman–Crippen LogP) is 0.763. The van der Waals surface area contributed by atoms with Crippen LogP contribution in [0.3, 0.4) is 0 Å². The summed E-state index contributed by atoms with van der Waals surface area (Å²) < 4.78 is 5.11. The normalized spacial score (nSPS) is 18.8. The molecule has 0 radical (unpaired) electrons. The van der Waals surface area contributed by atoms with Crippen LogP contribution in [0, 0.1) is 5.92 Å².